The molecule has 2 unspecified atom stereocenters. The first-order chi connectivity index (χ1) is 15.0. The number of imidazole rings is 1. The van der Waals surface area contributed by atoms with Crippen molar-refractivity contribution in [2.75, 3.05) is 20.8 Å². The third-order valence-corrected chi connectivity index (χ3v) is 5.95. The predicted molar refractivity (Wildman–Crippen MR) is 121 cm³/mol. The summed E-state index contributed by atoms with van der Waals surface area (Å²) in [5, 5.41) is 1.13. The van der Waals surface area contributed by atoms with E-state index >= 15 is 0 Å². The Hall–Kier alpha value is -3.32. The number of nitrogens with one attached hydrogen (secondary N) is 1. The zero-order valence-corrected chi connectivity index (χ0v) is 18.2. The van der Waals surface area contributed by atoms with Crippen molar-refractivity contribution in [3.63, 3.8) is 0 Å². The van der Waals surface area contributed by atoms with E-state index in [-0.39, 0.29) is 30.7 Å². The Balaban J connectivity index is 1.92. The minimum Gasteiger partial charge on any atom is -0.469 e. The lowest BCUT2D eigenvalue weighted by molar-refractivity contribution is -0.141. The van der Waals surface area contributed by atoms with E-state index in [2.05, 4.69) is 18.0 Å². The molecule has 0 aliphatic heterocycles. The lowest BCUT2D eigenvalue weighted by Crippen LogP contribution is -2.32. The van der Waals surface area contributed by atoms with Crippen molar-refractivity contribution < 1.29 is 14.3 Å². The lowest BCUT2D eigenvalue weighted by Gasteiger charge is -2.17. The van der Waals surface area contributed by atoms with Crippen molar-refractivity contribution in [2.45, 2.75) is 32.4 Å². The summed E-state index contributed by atoms with van der Waals surface area (Å²) in [6.07, 6.45) is 2.03. The van der Waals surface area contributed by atoms with E-state index in [0.29, 0.717) is 0 Å². The number of nitrogens with zero attached hydrogens (tertiary/aromatic N) is 2. The van der Waals surface area contributed by atoms with Crippen LogP contribution in [0.3, 0.4) is 0 Å². The van der Waals surface area contributed by atoms with Crippen LogP contribution in [0.5, 0.6) is 0 Å². The molecule has 2 heterocycles. The Bertz CT molecular complexity index is 1300. The van der Waals surface area contributed by atoms with Crippen LogP contribution in [0.25, 0.3) is 21.9 Å². The van der Waals surface area contributed by atoms with Gasteiger partial charge >= 0.3 is 11.7 Å². The van der Waals surface area contributed by atoms with Crippen LogP contribution >= 0.6 is 0 Å². The summed E-state index contributed by atoms with van der Waals surface area (Å²) in [6.45, 7) is 4.33. The van der Waals surface area contributed by atoms with Gasteiger partial charge in [0.2, 0.25) is 0 Å². The molecular formula is C24H27N3O4. The van der Waals surface area contributed by atoms with Gasteiger partial charge in [-0.15, -0.1) is 0 Å². The molecule has 31 heavy (non-hydrogen) atoms. The number of H-pyrrole nitrogens is 1. The molecular weight excluding hydrogens is 394 g/mol. The van der Waals surface area contributed by atoms with Gasteiger partial charge in [0.15, 0.2) is 0 Å². The van der Waals surface area contributed by atoms with E-state index in [4.69, 9.17) is 9.47 Å². The molecule has 7 nitrogen and oxygen atoms in total. The van der Waals surface area contributed by atoms with Crippen LogP contribution in [0.1, 0.15) is 36.6 Å². The molecule has 0 saturated heterocycles. The first-order valence-corrected chi connectivity index (χ1v) is 10.3. The number of aromatic amines is 1. The topological polar surface area (TPSA) is 78.2 Å². The van der Waals surface area contributed by atoms with E-state index in [9.17, 15) is 9.59 Å². The van der Waals surface area contributed by atoms with Crippen molar-refractivity contribution in [1.82, 2.24) is 14.1 Å². The number of aryl methyl sites for hydroxylation is 1. The molecule has 4 rings (SSSR count). The second-order valence-electron chi connectivity index (χ2n) is 7.82. The van der Waals surface area contributed by atoms with Gasteiger partial charge in [0, 0.05) is 29.8 Å². The van der Waals surface area contributed by atoms with Crippen LogP contribution in [0.2, 0.25) is 0 Å². The van der Waals surface area contributed by atoms with Crippen molar-refractivity contribution in [2.24, 2.45) is 0 Å². The van der Waals surface area contributed by atoms with Gasteiger partial charge in [0.25, 0.3) is 0 Å². The molecule has 0 saturated carbocycles. The van der Waals surface area contributed by atoms with Gasteiger partial charge in [-0.25, -0.2) is 4.79 Å². The minimum atomic E-state index is -0.465. The second-order valence-corrected chi connectivity index (χ2v) is 7.82. The van der Waals surface area contributed by atoms with Crippen molar-refractivity contribution in [3.8, 4) is 0 Å². The Morgan fingerprint density at radius 2 is 1.77 bits per heavy atom. The summed E-state index contributed by atoms with van der Waals surface area (Å²) < 4.78 is 13.7. The Labute approximate surface area is 180 Å². The molecule has 0 spiro atoms. The van der Waals surface area contributed by atoms with E-state index in [1.54, 1.807) is 16.2 Å². The van der Waals surface area contributed by atoms with E-state index < -0.39 is 6.04 Å². The Morgan fingerprint density at radius 1 is 1.06 bits per heavy atom. The Morgan fingerprint density at radius 3 is 2.45 bits per heavy atom. The zero-order chi connectivity index (χ0) is 22.1. The first-order valence-electron chi connectivity index (χ1n) is 10.3. The largest absolute Gasteiger partial charge is 0.469 e. The van der Waals surface area contributed by atoms with Crippen molar-refractivity contribution in [1.29, 1.82) is 0 Å². The number of rotatable bonds is 7. The van der Waals surface area contributed by atoms with Gasteiger partial charge in [-0.05, 0) is 37.6 Å². The van der Waals surface area contributed by atoms with Crippen LogP contribution < -0.4 is 5.69 Å². The fourth-order valence-electron chi connectivity index (χ4n) is 4.48. The molecule has 0 aliphatic carbocycles. The number of carbonyl (C=O) groups excluding carboxylic acids is 1. The smallest absolute Gasteiger partial charge is 0.330 e. The molecule has 4 aromatic rings. The number of para-hydroxylation sites is 2. The van der Waals surface area contributed by atoms with Crippen LogP contribution in [-0.4, -0.2) is 40.9 Å². The summed E-state index contributed by atoms with van der Waals surface area (Å²) >= 11 is 0. The molecule has 162 valence electrons. The highest BCUT2D eigenvalue weighted by molar-refractivity contribution is 5.87. The van der Waals surface area contributed by atoms with Gasteiger partial charge < -0.3 is 14.5 Å². The Kier molecular flexibility index (Phi) is 5.69. The van der Waals surface area contributed by atoms with Gasteiger partial charge in [-0.3, -0.25) is 13.9 Å². The highest BCUT2D eigenvalue weighted by Gasteiger charge is 2.26. The van der Waals surface area contributed by atoms with Gasteiger partial charge in [-0.1, -0.05) is 24.3 Å². The summed E-state index contributed by atoms with van der Waals surface area (Å²) in [6, 6.07) is 13.1. The number of methoxy groups -OCH3 is 2. The SMILES string of the molecule is COCC(CC(=O)OC)n1c(=O)n(C(C)c2c[nH]c3cccc(C)c23)c2ccccc21. The number of ether oxygens (including phenoxy) is 2. The zero-order valence-electron chi connectivity index (χ0n) is 18.2. The van der Waals surface area contributed by atoms with Crippen LogP contribution in [0.4, 0.5) is 0 Å². The molecule has 0 amide bonds. The molecule has 7 heteroatoms. The number of benzene rings is 2. The van der Waals surface area contributed by atoms with Crippen LogP contribution in [0.15, 0.2) is 53.5 Å². The number of hydrogen-bond donors (Lipinski definition) is 1. The molecule has 0 bridgehead atoms. The predicted octanol–water partition coefficient (Wildman–Crippen LogP) is 3.95. The normalized spacial score (nSPS) is 13.5. The number of hydrogen-bond acceptors (Lipinski definition) is 4. The van der Waals surface area contributed by atoms with Crippen LogP contribution in [-0.2, 0) is 14.3 Å². The molecule has 2 aromatic carbocycles. The minimum absolute atomic E-state index is 0.0544. The summed E-state index contributed by atoms with van der Waals surface area (Å²) in [7, 11) is 2.91. The number of aromatic nitrogens is 3. The second kappa shape index (κ2) is 8.43. The standard InChI is InChI=1S/C24H27N3O4/c1-15-8-7-9-19-23(15)18(13-25-19)16(2)26-20-10-5-6-11-21(20)27(24(26)29)17(14-30-3)12-22(28)31-4/h5-11,13,16-17,25H,12,14H2,1-4H3. The fourth-order valence-corrected chi connectivity index (χ4v) is 4.48. The molecule has 2 aromatic heterocycles. The average Bonchev–Trinajstić information content (AvgIpc) is 3.32. The quantitative estimate of drug-likeness (QED) is 0.458. The summed E-state index contributed by atoms with van der Waals surface area (Å²) in [5.41, 5.74) is 4.65. The number of carbonyl (C=O) groups is 1. The lowest BCUT2D eigenvalue weighted by atomic mass is 10.0. The third kappa shape index (κ3) is 3.55. The monoisotopic (exact) mass is 421 g/mol. The third-order valence-electron chi connectivity index (χ3n) is 5.95. The van der Waals surface area contributed by atoms with E-state index in [0.717, 1.165) is 33.1 Å². The number of fused-ring (bicyclic) bond motifs is 2. The molecule has 0 radical (unpaired) electrons. The summed E-state index contributed by atoms with van der Waals surface area (Å²) in [4.78, 5) is 29.1. The van der Waals surface area contributed by atoms with Crippen molar-refractivity contribution >= 4 is 27.9 Å². The van der Waals surface area contributed by atoms with Gasteiger partial charge in [0.1, 0.15) is 0 Å². The number of esters is 1. The first kappa shape index (κ1) is 20.9. The fraction of sp³-hybridized carbons (Fsp3) is 0.333. The van der Waals surface area contributed by atoms with Gasteiger partial charge in [0.05, 0.1) is 43.3 Å². The maximum atomic E-state index is 13.7. The maximum absolute atomic E-state index is 13.7. The van der Waals surface area contributed by atoms with E-state index in [1.165, 1.54) is 7.11 Å². The molecule has 0 aliphatic rings. The summed E-state index contributed by atoms with van der Waals surface area (Å²) in [5.74, 6) is -0.383. The van der Waals surface area contributed by atoms with Crippen LogP contribution in [0, 0.1) is 6.92 Å². The highest BCUT2D eigenvalue weighted by Crippen LogP contribution is 2.31. The molecule has 2 atom stereocenters. The van der Waals surface area contributed by atoms with E-state index in [1.807, 2.05) is 49.5 Å². The average molecular weight is 421 g/mol. The maximum Gasteiger partial charge on any atom is 0.330 e. The molecule has 0 fully saturated rings. The molecule has 1 N–H and O–H groups in total. The van der Waals surface area contributed by atoms with Gasteiger partial charge in [-0.2, -0.15) is 0 Å². The highest BCUT2D eigenvalue weighted by atomic mass is 16.5. The van der Waals surface area contributed by atoms with Crippen molar-refractivity contribution in [3.05, 3.63) is 70.3 Å².